The minimum atomic E-state index is -0.239. The van der Waals surface area contributed by atoms with Crippen LogP contribution in [0.3, 0.4) is 0 Å². The molecule has 0 saturated carbocycles. The Morgan fingerprint density at radius 3 is 3.00 bits per heavy atom. The highest BCUT2D eigenvalue weighted by atomic mass is 16.3. The summed E-state index contributed by atoms with van der Waals surface area (Å²) in [5.74, 6) is 0.659. The highest BCUT2D eigenvalue weighted by Crippen LogP contribution is 2.30. The summed E-state index contributed by atoms with van der Waals surface area (Å²) in [7, 11) is 0. The van der Waals surface area contributed by atoms with Crippen molar-refractivity contribution in [3.8, 4) is 0 Å². The number of furan rings is 1. The Balaban J connectivity index is 1.35. The van der Waals surface area contributed by atoms with E-state index in [0.717, 1.165) is 35.0 Å². The van der Waals surface area contributed by atoms with Gasteiger partial charge >= 0.3 is 0 Å². The van der Waals surface area contributed by atoms with Crippen molar-refractivity contribution >= 4 is 22.5 Å². The molecular formula is C21H20N4O2. The van der Waals surface area contributed by atoms with Crippen LogP contribution in [0.4, 0.5) is 0 Å². The van der Waals surface area contributed by atoms with E-state index in [-0.39, 0.29) is 18.4 Å². The van der Waals surface area contributed by atoms with Crippen LogP contribution in [0, 0.1) is 0 Å². The SMILES string of the molecule is C[C@@H](NC(=O)Cc1coc2cc3c(cc12)CCC3)c1nnc2ccccn12. The van der Waals surface area contributed by atoms with Crippen molar-refractivity contribution < 1.29 is 9.21 Å². The highest BCUT2D eigenvalue weighted by Gasteiger charge is 2.19. The predicted molar refractivity (Wildman–Crippen MR) is 101 cm³/mol. The van der Waals surface area contributed by atoms with Crippen molar-refractivity contribution in [3.63, 3.8) is 0 Å². The first-order valence-electron chi connectivity index (χ1n) is 9.30. The van der Waals surface area contributed by atoms with Gasteiger partial charge in [-0.1, -0.05) is 6.07 Å². The van der Waals surface area contributed by atoms with Crippen molar-refractivity contribution in [3.05, 3.63) is 65.3 Å². The maximum atomic E-state index is 12.6. The number of aryl methyl sites for hydroxylation is 2. The Morgan fingerprint density at radius 2 is 2.11 bits per heavy atom. The van der Waals surface area contributed by atoms with Gasteiger partial charge in [0.1, 0.15) is 5.58 Å². The maximum absolute atomic E-state index is 12.6. The van der Waals surface area contributed by atoms with E-state index >= 15 is 0 Å². The van der Waals surface area contributed by atoms with Crippen molar-refractivity contribution in [2.75, 3.05) is 0 Å². The smallest absolute Gasteiger partial charge is 0.225 e. The number of carbonyl (C=O) groups excluding carboxylic acids is 1. The molecule has 0 unspecified atom stereocenters. The fraction of sp³-hybridized carbons (Fsp3) is 0.286. The van der Waals surface area contributed by atoms with Gasteiger partial charge in [0.2, 0.25) is 5.91 Å². The summed E-state index contributed by atoms with van der Waals surface area (Å²) in [6, 6.07) is 9.81. The molecule has 6 nitrogen and oxygen atoms in total. The molecule has 0 saturated heterocycles. The zero-order valence-corrected chi connectivity index (χ0v) is 15.1. The molecule has 3 heterocycles. The van der Waals surface area contributed by atoms with Crippen molar-refractivity contribution in [2.24, 2.45) is 0 Å². The third kappa shape index (κ3) is 2.77. The van der Waals surface area contributed by atoms with Crippen LogP contribution in [0.1, 0.15) is 41.9 Å². The Morgan fingerprint density at radius 1 is 1.26 bits per heavy atom. The molecule has 136 valence electrons. The molecule has 0 bridgehead atoms. The maximum Gasteiger partial charge on any atom is 0.225 e. The fourth-order valence-corrected chi connectivity index (χ4v) is 3.97. The topological polar surface area (TPSA) is 72.4 Å². The van der Waals surface area contributed by atoms with Crippen molar-refractivity contribution in [1.82, 2.24) is 19.9 Å². The molecule has 0 aliphatic heterocycles. The quantitative estimate of drug-likeness (QED) is 0.605. The van der Waals surface area contributed by atoms with Crippen LogP contribution in [-0.2, 0) is 24.1 Å². The number of nitrogens with zero attached hydrogens (tertiary/aromatic N) is 3. The third-order valence-corrected chi connectivity index (χ3v) is 5.32. The Bertz CT molecular complexity index is 1160. The molecule has 5 rings (SSSR count). The first-order chi connectivity index (χ1) is 13.2. The van der Waals surface area contributed by atoms with Crippen LogP contribution in [0.5, 0.6) is 0 Å². The average molecular weight is 360 g/mol. The van der Waals surface area contributed by atoms with Crippen LogP contribution < -0.4 is 5.32 Å². The van der Waals surface area contributed by atoms with Gasteiger partial charge in [-0.05, 0) is 61.6 Å². The summed E-state index contributed by atoms with van der Waals surface area (Å²) in [4.78, 5) is 12.6. The van der Waals surface area contributed by atoms with Gasteiger partial charge in [0.05, 0.1) is 18.7 Å². The number of carbonyl (C=O) groups is 1. The Kier molecular flexibility index (Phi) is 3.70. The normalized spacial score (nSPS) is 14.6. The minimum Gasteiger partial charge on any atom is -0.464 e. The average Bonchev–Trinajstić information content (AvgIpc) is 3.38. The summed E-state index contributed by atoms with van der Waals surface area (Å²) in [5, 5.41) is 12.4. The molecular weight excluding hydrogens is 340 g/mol. The molecule has 0 radical (unpaired) electrons. The molecule has 6 heteroatoms. The van der Waals surface area contributed by atoms with Crippen LogP contribution in [0.25, 0.3) is 16.6 Å². The molecule has 27 heavy (non-hydrogen) atoms. The molecule has 0 fully saturated rings. The van der Waals surface area contributed by atoms with Gasteiger partial charge in [0, 0.05) is 17.1 Å². The van der Waals surface area contributed by atoms with E-state index in [1.54, 1.807) is 6.26 Å². The van der Waals surface area contributed by atoms with E-state index in [2.05, 4.69) is 27.6 Å². The first-order valence-corrected chi connectivity index (χ1v) is 9.30. The largest absolute Gasteiger partial charge is 0.464 e. The van der Waals surface area contributed by atoms with Crippen molar-refractivity contribution in [1.29, 1.82) is 0 Å². The van der Waals surface area contributed by atoms with Crippen LogP contribution in [-0.4, -0.2) is 20.5 Å². The number of hydrogen-bond donors (Lipinski definition) is 1. The first kappa shape index (κ1) is 16.1. The zero-order valence-electron chi connectivity index (χ0n) is 15.1. The van der Waals surface area contributed by atoms with Crippen LogP contribution >= 0.6 is 0 Å². The van der Waals surface area contributed by atoms with Gasteiger partial charge in [-0.2, -0.15) is 0 Å². The summed E-state index contributed by atoms with van der Waals surface area (Å²) in [5.41, 5.74) is 5.32. The van der Waals surface area contributed by atoms with Gasteiger partial charge in [-0.25, -0.2) is 0 Å². The van der Waals surface area contributed by atoms with Gasteiger partial charge in [-0.3, -0.25) is 9.20 Å². The third-order valence-electron chi connectivity index (χ3n) is 5.32. The van der Waals surface area contributed by atoms with E-state index < -0.39 is 0 Å². The summed E-state index contributed by atoms with van der Waals surface area (Å²) < 4.78 is 7.59. The molecule has 1 aromatic carbocycles. The highest BCUT2D eigenvalue weighted by molar-refractivity contribution is 5.88. The fourth-order valence-electron chi connectivity index (χ4n) is 3.97. The Hall–Kier alpha value is -3.15. The second-order valence-corrected chi connectivity index (χ2v) is 7.18. The van der Waals surface area contributed by atoms with Gasteiger partial charge in [-0.15, -0.1) is 10.2 Å². The Labute approximate surface area is 156 Å². The van der Waals surface area contributed by atoms with E-state index in [9.17, 15) is 4.79 Å². The predicted octanol–water partition coefficient (Wildman–Crippen LogP) is 3.38. The van der Waals surface area contributed by atoms with Crippen molar-refractivity contribution in [2.45, 2.75) is 38.6 Å². The lowest BCUT2D eigenvalue weighted by atomic mass is 10.0. The molecule has 3 aromatic heterocycles. The second kappa shape index (κ2) is 6.23. The van der Waals surface area contributed by atoms with Gasteiger partial charge in [0.15, 0.2) is 11.5 Å². The standard InChI is InChI=1S/C21H20N4O2/c1-13(21-24-23-19-7-2-3-8-25(19)21)22-20(26)11-16-12-27-18-10-15-6-4-5-14(15)9-17(16)18/h2-3,7-10,12-13H,4-6,11H2,1H3,(H,22,26)/t13-/m1/s1. The lowest BCUT2D eigenvalue weighted by Gasteiger charge is -2.12. The van der Waals surface area contributed by atoms with Gasteiger partial charge in [0.25, 0.3) is 0 Å². The molecule has 1 aliphatic rings. The molecule has 4 aromatic rings. The number of fused-ring (bicyclic) bond motifs is 3. The van der Waals surface area contributed by atoms with E-state index in [4.69, 9.17) is 4.42 Å². The molecule has 1 aliphatic carbocycles. The monoisotopic (exact) mass is 360 g/mol. The number of hydrogen-bond acceptors (Lipinski definition) is 4. The summed E-state index contributed by atoms with van der Waals surface area (Å²) in [6.07, 6.45) is 7.31. The molecule has 0 spiro atoms. The number of rotatable bonds is 4. The van der Waals surface area contributed by atoms with Crippen LogP contribution in [0.2, 0.25) is 0 Å². The van der Waals surface area contributed by atoms with E-state index in [0.29, 0.717) is 5.82 Å². The second-order valence-electron chi connectivity index (χ2n) is 7.18. The zero-order chi connectivity index (χ0) is 18.4. The summed E-state index contributed by atoms with van der Waals surface area (Å²) in [6.45, 7) is 1.92. The minimum absolute atomic E-state index is 0.0571. The van der Waals surface area contributed by atoms with Crippen LogP contribution in [0.15, 0.2) is 47.2 Å². The number of pyridine rings is 1. The van der Waals surface area contributed by atoms with Gasteiger partial charge < -0.3 is 9.73 Å². The number of nitrogens with one attached hydrogen (secondary N) is 1. The molecule has 1 N–H and O–H groups in total. The molecule has 1 amide bonds. The summed E-state index contributed by atoms with van der Waals surface area (Å²) >= 11 is 0. The number of aromatic nitrogens is 3. The lowest BCUT2D eigenvalue weighted by molar-refractivity contribution is -0.121. The van der Waals surface area contributed by atoms with E-state index in [1.165, 1.54) is 17.5 Å². The molecule has 1 atom stereocenters. The lowest BCUT2D eigenvalue weighted by Crippen LogP contribution is -2.29. The van der Waals surface area contributed by atoms with E-state index in [1.807, 2.05) is 35.7 Å². The number of benzene rings is 1. The number of amides is 1.